The van der Waals surface area contributed by atoms with Crippen LogP contribution < -0.4 is 10.6 Å². The average molecular weight is 238 g/mol. The second-order valence-corrected chi connectivity index (χ2v) is 5.45. The van der Waals surface area contributed by atoms with Gasteiger partial charge in [-0.3, -0.25) is 5.41 Å². The molecule has 5 heteroatoms. The van der Waals surface area contributed by atoms with E-state index in [0.717, 1.165) is 28.8 Å². The van der Waals surface area contributed by atoms with Gasteiger partial charge < -0.3 is 10.6 Å². The first-order valence-corrected chi connectivity index (χ1v) is 6.51. The Balaban J connectivity index is 2.34. The minimum absolute atomic E-state index is 0.145. The third kappa shape index (κ3) is 2.04. The van der Waals surface area contributed by atoms with E-state index in [2.05, 4.69) is 23.7 Å². The van der Waals surface area contributed by atoms with Gasteiger partial charge in [0.1, 0.15) is 5.84 Å². The number of nitrogens with two attached hydrogens (primary N) is 1. The molecule has 0 amide bonds. The molecule has 1 saturated heterocycles. The third-order valence-corrected chi connectivity index (χ3v) is 3.98. The van der Waals surface area contributed by atoms with Crippen molar-refractivity contribution in [3.63, 3.8) is 0 Å². The molecule has 3 N–H and O–H groups in total. The molecule has 1 aromatic rings. The Kier molecular flexibility index (Phi) is 3.14. The smallest absolute Gasteiger partial charge is 0.186 e. The summed E-state index contributed by atoms with van der Waals surface area (Å²) in [6.45, 7) is 6.36. The molecule has 0 bridgehead atoms. The second-order valence-electron chi connectivity index (χ2n) is 4.47. The fraction of sp³-hybridized carbons (Fsp3) is 0.636. The van der Waals surface area contributed by atoms with Gasteiger partial charge >= 0.3 is 0 Å². The summed E-state index contributed by atoms with van der Waals surface area (Å²) >= 11 is 1.56. The van der Waals surface area contributed by atoms with Gasteiger partial charge in [0.2, 0.25) is 0 Å². The van der Waals surface area contributed by atoms with Crippen molar-refractivity contribution in [2.24, 2.45) is 5.73 Å². The zero-order valence-electron chi connectivity index (χ0n) is 9.79. The summed E-state index contributed by atoms with van der Waals surface area (Å²) in [5, 5.41) is 8.62. The van der Waals surface area contributed by atoms with Crippen LogP contribution in [0.2, 0.25) is 0 Å². The lowest BCUT2D eigenvalue weighted by atomic mass is 10.1. The van der Waals surface area contributed by atoms with E-state index in [-0.39, 0.29) is 5.84 Å². The zero-order chi connectivity index (χ0) is 11.7. The predicted molar refractivity (Wildman–Crippen MR) is 68.7 cm³/mol. The monoisotopic (exact) mass is 238 g/mol. The number of aromatic nitrogens is 1. The highest BCUT2D eigenvalue weighted by Gasteiger charge is 2.21. The molecule has 0 radical (unpaired) electrons. The summed E-state index contributed by atoms with van der Waals surface area (Å²) in [5.41, 5.74) is 6.57. The molecule has 2 rings (SSSR count). The van der Waals surface area contributed by atoms with E-state index >= 15 is 0 Å². The Morgan fingerprint density at radius 2 is 2.06 bits per heavy atom. The van der Waals surface area contributed by atoms with Crippen LogP contribution in [0, 0.1) is 5.41 Å². The number of nitrogens with one attached hydrogen (secondary N) is 1. The summed E-state index contributed by atoms with van der Waals surface area (Å²) < 4.78 is 0. The van der Waals surface area contributed by atoms with Crippen molar-refractivity contribution in [2.75, 3.05) is 18.0 Å². The molecule has 0 aliphatic carbocycles. The molecule has 0 spiro atoms. The van der Waals surface area contributed by atoms with Crippen LogP contribution in [-0.2, 0) is 0 Å². The van der Waals surface area contributed by atoms with Crippen molar-refractivity contribution in [2.45, 2.75) is 32.6 Å². The number of hydrogen-bond acceptors (Lipinski definition) is 4. The molecule has 0 aromatic carbocycles. The minimum Gasteiger partial charge on any atom is -0.383 e. The van der Waals surface area contributed by atoms with Crippen molar-refractivity contribution < 1.29 is 0 Å². The van der Waals surface area contributed by atoms with Crippen LogP contribution in [0.1, 0.15) is 43.2 Å². The Morgan fingerprint density at radius 1 is 1.44 bits per heavy atom. The van der Waals surface area contributed by atoms with Crippen LogP contribution in [-0.4, -0.2) is 23.9 Å². The first-order chi connectivity index (χ1) is 7.59. The highest BCUT2D eigenvalue weighted by atomic mass is 32.1. The average Bonchev–Trinajstić information content (AvgIpc) is 2.86. The lowest BCUT2D eigenvalue weighted by molar-refractivity contribution is 0.822. The maximum atomic E-state index is 7.58. The van der Waals surface area contributed by atoms with E-state index in [1.165, 1.54) is 12.8 Å². The molecule has 2 heterocycles. The number of rotatable bonds is 3. The van der Waals surface area contributed by atoms with Crippen molar-refractivity contribution in [3.05, 3.63) is 10.6 Å². The SMILES string of the molecule is CC(C)c1nc(N2CCCC2)sc1C(=N)N. The predicted octanol–water partition coefficient (Wildman–Crippen LogP) is 2.15. The van der Waals surface area contributed by atoms with Crippen molar-refractivity contribution >= 4 is 22.3 Å². The lowest BCUT2D eigenvalue weighted by Gasteiger charge is -2.12. The van der Waals surface area contributed by atoms with Crippen molar-refractivity contribution in [3.8, 4) is 0 Å². The molecule has 4 nitrogen and oxygen atoms in total. The maximum Gasteiger partial charge on any atom is 0.186 e. The van der Waals surface area contributed by atoms with E-state index in [1.54, 1.807) is 11.3 Å². The van der Waals surface area contributed by atoms with Crippen LogP contribution in [0.3, 0.4) is 0 Å². The molecular weight excluding hydrogens is 220 g/mol. The quantitative estimate of drug-likeness (QED) is 0.626. The van der Waals surface area contributed by atoms with E-state index in [4.69, 9.17) is 11.1 Å². The molecular formula is C11H18N4S. The molecule has 1 aliphatic rings. The van der Waals surface area contributed by atoms with Crippen LogP contribution in [0.5, 0.6) is 0 Å². The number of nitrogens with zero attached hydrogens (tertiary/aromatic N) is 2. The minimum atomic E-state index is 0.145. The molecule has 1 aromatic heterocycles. The first-order valence-electron chi connectivity index (χ1n) is 5.69. The van der Waals surface area contributed by atoms with Gasteiger partial charge in [-0.25, -0.2) is 4.98 Å². The zero-order valence-corrected chi connectivity index (χ0v) is 10.6. The number of thiazole rings is 1. The summed E-state index contributed by atoms with van der Waals surface area (Å²) in [5.74, 6) is 0.471. The molecule has 16 heavy (non-hydrogen) atoms. The van der Waals surface area contributed by atoms with E-state index < -0.39 is 0 Å². The molecule has 0 unspecified atom stereocenters. The van der Waals surface area contributed by atoms with Gasteiger partial charge in [0, 0.05) is 13.1 Å². The highest BCUT2D eigenvalue weighted by molar-refractivity contribution is 7.17. The maximum absolute atomic E-state index is 7.58. The fourth-order valence-corrected chi connectivity index (χ4v) is 3.08. The lowest BCUT2D eigenvalue weighted by Crippen LogP contribution is -2.17. The Hall–Kier alpha value is -1.10. The summed E-state index contributed by atoms with van der Waals surface area (Å²) in [7, 11) is 0. The molecule has 1 aliphatic heterocycles. The van der Waals surface area contributed by atoms with Gasteiger partial charge in [0.15, 0.2) is 5.13 Å². The standard InChI is InChI=1S/C11H18N4S/c1-7(2)8-9(10(12)13)16-11(14-8)15-5-3-4-6-15/h7H,3-6H2,1-2H3,(H3,12,13). The van der Waals surface area contributed by atoms with Crippen LogP contribution >= 0.6 is 11.3 Å². The van der Waals surface area contributed by atoms with Crippen LogP contribution in [0.15, 0.2) is 0 Å². The van der Waals surface area contributed by atoms with Crippen LogP contribution in [0.4, 0.5) is 5.13 Å². The second kappa shape index (κ2) is 4.41. The summed E-state index contributed by atoms with van der Waals surface area (Å²) in [4.78, 5) is 7.78. The van der Waals surface area contributed by atoms with Gasteiger partial charge in [-0.1, -0.05) is 25.2 Å². The Morgan fingerprint density at radius 3 is 2.50 bits per heavy atom. The number of amidine groups is 1. The number of anilines is 1. The summed E-state index contributed by atoms with van der Waals surface area (Å²) in [6, 6.07) is 0. The first kappa shape index (κ1) is 11.4. The van der Waals surface area contributed by atoms with E-state index in [9.17, 15) is 0 Å². The Labute approximate surface area is 100.0 Å². The molecule has 1 fully saturated rings. The highest BCUT2D eigenvalue weighted by Crippen LogP contribution is 2.31. The third-order valence-electron chi connectivity index (χ3n) is 2.81. The molecule has 88 valence electrons. The largest absolute Gasteiger partial charge is 0.383 e. The number of nitrogen functional groups attached to an aromatic ring is 1. The van der Waals surface area contributed by atoms with Gasteiger partial charge in [-0.05, 0) is 18.8 Å². The number of hydrogen-bond donors (Lipinski definition) is 2. The van der Waals surface area contributed by atoms with Gasteiger partial charge in [0.25, 0.3) is 0 Å². The van der Waals surface area contributed by atoms with Gasteiger partial charge in [-0.15, -0.1) is 0 Å². The van der Waals surface area contributed by atoms with Gasteiger partial charge in [-0.2, -0.15) is 0 Å². The van der Waals surface area contributed by atoms with Crippen molar-refractivity contribution in [1.29, 1.82) is 5.41 Å². The Bertz CT molecular complexity index is 391. The summed E-state index contributed by atoms with van der Waals surface area (Å²) in [6.07, 6.45) is 2.48. The fourth-order valence-electron chi connectivity index (χ4n) is 1.95. The van der Waals surface area contributed by atoms with Gasteiger partial charge in [0.05, 0.1) is 10.6 Å². The van der Waals surface area contributed by atoms with Crippen LogP contribution in [0.25, 0.3) is 0 Å². The van der Waals surface area contributed by atoms with Crippen molar-refractivity contribution in [1.82, 2.24) is 4.98 Å². The van der Waals surface area contributed by atoms with E-state index in [0.29, 0.717) is 5.92 Å². The van der Waals surface area contributed by atoms with E-state index in [1.807, 2.05) is 0 Å². The topological polar surface area (TPSA) is 66.0 Å². The molecule has 0 atom stereocenters. The normalized spacial score (nSPS) is 16.1. The molecule has 0 saturated carbocycles.